The van der Waals surface area contributed by atoms with Crippen molar-refractivity contribution in [1.29, 1.82) is 0 Å². The molecule has 0 radical (unpaired) electrons. The lowest BCUT2D eigenvalue weighted by molar-refractivity contribution is 0.0998. The third-order valence-electron chi connectivity index (χ3n) is 3.89. The van der Waals surface area contributed by atoms with Crippen molar-refractivity contribution >= 4 is 33.3 Å². The van der Waals surface area contributed by atoms with Gasteiger partial charge < -0.3 is 9.15 Å². The Hall–Kier alpha value is -3.26. The van der Waals surface area contributed by atoms with Crippen molar-refractivity contribution in [2.45, 2.75) is 0 Å². The van der Waals surface area contributed by atoms with Crippen LogP contribution in [-0.2, 0) is 0 Å². The zero-order valence-corrected chi connectivity index (χ0v) is 14.8. The lowest BCUT2D eigenvalue weighted by Crippen LogP contribution is -2.10. The van der Waals surface area contributed by atoms with Crippen LogP contribution in [0.5, 0.6) is 5.75 Å². The van der Waals surface area contributed by atoms with Gasteiger partial charge in [-0.05, 0) is 30.3 Å². The van der Waals surface area contributed by atoms with Gasteiger partial charge in [0.15, 0.2) is 33.9 Å². The summed E-state index contributed by atoms with van der Waals surface area (Å²) in [4.78, 5) is 16.7. The zero-order chi connectivity index (χ0) is 19.0. The molecule has 0 fully saturated rings. The van der Waals surface area contributed by atoms with Gasteiger partial charge in [-0.2, -0.15) is 0 Å². The molecule has 0 bridgehead atoms. The molecular weight excluding hydrogens is 374 g/mol. The first-order valence-corrected chi connectivity index (χ1v) is 8.72. The van der Waals surface area contributed by atoms with Crippen LogP contribution in [0.2, 0.25) is 0 Å². The third-order valence-corrected chi connectivity index (χ3v) is 4.65. The Morgan fingerprint density at radius 2 is 2.04 bits per heavy atom. The van der Waals surface area contributed by atoms with Crippen LogP contribution in [0.1, 0.15) is 10.6 Å². The number of benzene rings is 2. The number of nitrogens with zero attached hydrogens (tertiary/aromatic N) is 1. The number of nitrogens with one attached hydrogen (secondary N) is 1. The smallest absolute Gasteiger partial charge is 0.293 e. The van der Waals surface area contributed by atoms with E-state index in [1.54, 1.807) is 23.6 Å². The standard InChI is InChI=1S/C19H12F2N2O3S/c1-25-15-4-2-3-11-8-16(26-17(11)15)18(24)23-19-22-14(9-27-19)10-5-6-12(20)13(21)7-10/h2-9H,1H3,(H,22,23,24). The normalized spacial score (nSPS) is 10.9. The molecule has 0 aliphatic heterocycles. The molecule has 0 saturated heterocycles. The van der Waals surface area contributed by atoms with Crippen LogP contribution in [0.25, 0.3) is 22.2 Å². The lowest BCUT2D eigenvalue weighted by Gasteiger charge is -2.00. The van der Waals surface area contributed by atoms with Gasteiger partial charge in [-0.1, -0.05) is 12.1 Å². The van der Waals surface area contributed by atoms with Gasteiger partial charge >= 0.3 is 0 Å². The number of halogens is 2. The molecule has 5 nitrogen and oxygen atoms in total. The predicted octanol–water partition coefficient (Wildman–Crippen LogP) is 5.10. The molecule has 0 saturated carbocycles. The molecule has 2 heterocycles. The van der Waals surface area contributed by atoms with E-state index in [9.17, 15) is 13.6 Å². The molecule has 4 rings (SSSR count). The van der Waals surface area contributed by atoms with Gasteiger partial charge in [-0.25, -0.2) is 13.8 Å². The highest BCUT2D eigenvalue weighted by molar-refractivity contribution is 7.14. The summed E-state index contributed by atoms with van der Waals surface area (Å²) in [6, 6.07) is 10.5. The second-order valence-corrected chi connectivity index (χ2v) is 6.47. The molecule has 0 spiro atoms. The number of carbonyl (C=O) groups excluding carboxylic acids is 1. The SMILES string of the molecule is COc1cccc2cc(C(=O)Nc3nc(-c4ccc(F)c(F)c4)cs3)oc12. The molecule has 2 aromatic heterocycles. The zero-order valence-electron chi connectivity index (χ0n) is 14.0. The summed E-state index contributed by atoms with van der Waals surface area (Å²) in [5.74, 6) is -1.72. The number of amides is 1. The van der Waals surface area contributed by atoms with Gasteiger partial charge in [-0.15, -0.1) is 11.3 Å². The summed E-state index contributed by atoms with van der Waals surface area (Å²) >= 11 is 1.17. The van der Waals surface area contributed by atoms with E-state index in [1.807, 2.05) is 6.07 Å². The molecule has 0 aliphatic carbocycles. The van der Waals surface area contributed by atoms with Crippen molar-refractivity contribution in [2.75, 3.05) is 12.4 Å². The fourth-order valence-corrected chi connectivity index (χ4v) is 3.30. The fraction of sp³-hybridized carbons (Fsp3) is 0.0526. The Morgan fingerprint density at radius 1 is 1.19 bits per heavy atom. The quantitative estimate of drug-likeness (QED) is 0.530. The van der Waals surface area contributed by atoms with E-state index in [2.05, 4.69) is 10.3 Å². The Bertz CT molecular complexity index is 1150. The number of hydrogen-bond donors (Lipinski definition) is 1. The summed E-state index contributed by atoms with van der Waals surface area (Å²) in [6.07, 6.45) is 0. The molecule has 0 atom stereocenters. The number of fused-ring (bicyclic) bond motifs is 1. The Balaban J connectivity index is 1.57. The van der Waals surface area contributed by atoms with Crippen LogP contribution in [0.15, 0.2) is 52.3 Å². The van der Waals surface area contributed by atoms with Crippen LogP contribution in [0.4, 0.5) is 13.9 Å². The number of rotatable bonds is 4. The van der Waals surface area contributed by atoms with E-state index in [1.165, 1.54) is 24.5 Å². The highest BCUT2D eigenvalue weighted by Gasteiger charge is 2.17. The number of furan rings is 1. The van der Waals surface area contributed by atoms with E-state index in [-0.39, 0.29) is 5.76 Å². The molecule has 0 unspecified atom stereocenters. The summed E-state index contributed by atoms with van der Waals surface area (Å²) in [5, 5.41) is 5.33. The number of ether oxygens (including phenoxy) is 1. The summed E-state index contributed by atoms with van der Waals surface area (Å²) in [6.45, 7) is 0. The average Bonchev–Trinajstić information content (AvgIpc) is 3.30. The van der Waals surface area contributed by atoms with Gasteiger partial charge in [0, 0.05) is 16.3 Å². The Labute approximate surface area is 156 Å². The maximum absolute atomic E-state index is 13.4. The number of anilines is 1. The summed E-state index contributed by atoms with van der Waals surface area (Å²) < 4.78 is 37.2. The minimum absolute atomic E-state index is 0.110. The van der Waals surface area contributed by atoms with E-state index in [0.29, 0.717) is 27.7 Å². The van der Waals surface area contributed by atoms with Crippen LogP contribution in [0.3, 0.4) is 0 Å². The van der Waals surface area contributed by atoms with Crippen molar-refractivity contribution in [1.82, 2.24) is 4.98 Å². The molecule has 8 heteroatoms. The number of hydrogen-bond acceptors (Lipinski definition) is 5. The molecule has 0 aliphatic rings. The van der Waals surface area contributed by atoms with Crippen molar-refractivity contribution in [2.24, 2.45) is 0 Å². The molecule has 1 N–H and O–H groups in total. The predicted molar refractivity (Wildman–Crippen MR) is 98.2 cm³/mol. The molecule has 2 aromatic carbocycles. The molecule has 136 valence electrons. The Kier molecular flexibility index (Phi) is 4.33. The maximum Gasteiger partial charge on any atom is 0.293 e. The second kappa shape index (κ2) is 6.81. The topological polar surface area (TPSA) is 64.4 Å². The average molecular weight is 386 g/mol. The monoisotopic (exact) mass is 386 g/mol. The number of methoxy groups -OCH3 is 1. The molecular formula is C19H12F2N2O3S. The van der Waals surface area contributed by atoms with Crippen molar-refractivity contribution in [3.63, 3.8) is 0 Å². The summed E-state index contributed by atoms with van der Waals surface area (Å²) in [5.41, 5.74) is 1.33. The van der Waals surface area contributed by atoms with Crippen LogP contribution >= 0.6 is 11.3 Å². The van der Waals surface area contributed by atoms with Crippen LogP contribution in [-0.4, -0.2) is 18.0 Å². The van der Waals surface area contributed by atoms with E-state index in [0.717, 1.165) is 17.5 Å². The number of thiazole rings is 1. The first-order valence-electron chi connectivity index (χ1n) is 7.84. The second-order valence-electron chi connectivity index (χ2n) is 5.61. The van der Waals surface area contributed by atoms with E-state index < -0.39 is 17.5 Å². The van der Waals surface area contributed by atoms with Crippen molar-refractivity contribution in [3.8, 4) is 17.0 Å². The number of para-hydroxylation sites is 1. The minimum Gasteiger partial charge on any atom is -0.493 e. The van der Waals surface area contributed by atoms with Crippen molar-refractivity contribution in [3.05, 3.63) is 65.2 Å². The third kappa shape index (κ3) is 3.26. The van der Waals surface area contributed by atoms with Gasteiger partial charge in [0.05, 0.1) is 12.8 Å². The largest absolute Gasteiger partial charge is 0.493 e. The highest BCUT2D eigenvalue weighted by Crippen LogP contribution is 2.30. The lowest BCUT2D eigenvalue weighted by atomic mass is 10.2. The van der Waals surface area contributed by atoms with E-state index in [4.69, 9.17) is 9.15 Å². The van der Waals surface area contributed by atoms with Crippen LogP contribution in [0, 0.1) is 11.6 Å². The van der Waals surface area contributed by atoms with E-state index >= 15 is 0 Å². The van der Waals surface area contributed by atoms with Crippen molar-refractivity contribution < 1.29 is 22.7 Å². The summed E-state index contributed by atoms with van der Waals surface area (Å²) in [7, 11) is 1.52. The molecule has 27 heavy (non-hydrogen) atoms. The number of aromatic nitrogens is 1. The first kappa shape index (κ1) is 17.2. The van der Waals surface area contributed by atoms with Gasteiger partial charge in [-0.3, -0.25) is 10.1 Å². The first-order chi connectivity index (χ1) is 13.0. The van der Waals surface area contributed by atoms with Crippen LogP contribution < -0.4 is 10.1 Å². The van der Waals surface area contributed by atoms with Gasteiger partial charge in [0.25, 0.3) is 5.91 Å². The highest BCUT2D eigenvalue weighted by atomic mass is 32.1. The minimum atomic E-state index is -0.956. The number of carbonyl (C=O) groups is 1. The van der Waals surface area contributed by atoms with Gasteiger partial charge in [0.2, 0.25) is 0 Å². The maximum atomic E-state index is 13.4. The molecule has 1 amide bonds. The van der Waals surface area contributed by atoms with Gasteiger partial charge in [0.1, 0.15) is 0 Å². The molecule has 4 aromatic rings. The fourth-order valence-electron chi connectivity index (χ4n) is 2.59. The Morgan fingerprint density at radius 3 is 2.81 bits per heavy atom.